The van der Waals surface area contributed by atoms with Gasteiger partial charge in [0, 0.05) is 23.2 Å². The molecule has 0 aliphatic carbocycles. The number of H-pyrrole nitrogens is 1. The molecule has 2 aromatic carbocycles. The zero-order valence-corrected chi connectivity index (χ0v) is 14.9. The maximum atomic E-state index is 12.5. The number of fused-ring (bicyclic) bond motifs is 1. The summed E-state index contributed by atoms with van der Waals surface area (Å²) in [6, 6.07) is 10.7. The fourth-order valence-electron chi connectivity index (χ4n) is 2.51. The number of nitro groups is 1. The molecule has 0 saturated heterocycles. The van der Waals surface area contributed by atoms with Crippen LogP contribution in [-0.2, 0) is 14.8 Å². The molecule has 2 N–H and O–H groups in total. The van der Waals surface area contributed by atoms with Crippen LogP contribution in [0.15, 0.2) is 59.6 Å². The fraction of sp³-hybridized carbons (Fsp3) is 0.118. The van der Waals surface area contributed by atoms with Crippen molar-refractivity contribution in [3.8, 4) is 5.75 Å². The van der Waals surface area contributed by atoms with Crippen LogP contribution in [0.3, 0.4) is 0 Å². The smallest absolute Gasteiger partial charge is 0.329 e. The second-order valence-corrected chi connectivity index (χ2v) is 7.37. The van der Waals surface area contributed by atoms with Crippen LogP contribution in [-0.4, -0.2) is 30.3 Å². The first kappa shape index (κ1) is 18.5. The molecule has 1 aromatic heterocycles. The molecule has 1 heterocycles. The first-order valence-electron chi connectivity index (χ1n) is 7.83. The van der Waals surface area contributed by atoms with Gasteiger partial charge in [0.2, 0.25) is 10.0 Å². The summed E-state index contributed by atoms with van der Waals surface area (Å²) >= 11 is 0. The van der Waals surface area contributed by atoms with Crippen molar-refractivity contribution in [2.45, 2.75) is 17.9 Å². The van der Waals surface area contributed by atoms with Gasteiger partial charge in [-0.1, -0.05) is 24.3 Å². The molecular weight excluding hydrogens is 374 g/mol. The summed E-state index contributed by atoms with van der Waals surface area (Å²) in [6.45, 7) is 1.30. The maximum absolute atomic E-state index is 12.5. The number of nitrogens with one attached hydrogen (secondary N) is 2. The number of hydrogen-bond acceptors (Lipinski definition) is 6. The molecule has 140 valence electrons. The number of para-hydroxylation sites is 2. The molecule has 10 heteroatoms. The van der Waals surface area contributed by atoms with Crippen LogP contribution in [0.5, 0.6) is 5.75 Å². The van der Waals surface area contributed by atoms with E-state index < -0.39 is 37.5 Å². The highest BCUT2D eigenvalue weighted by molar-refractivity contribution is 7.89. The fourth-order valence-corrected chi connectivity index (χ4v) is 3.87. The number of aromatic amines is 1. The van der Waals surface area contributed by atoms with E-state index in [2.05, 4.69) is 9.71 Å². The summed E-state index contributed by atoms with van der Waals surface area (Å²) in [6.07, 6.45) is 1.49. The number of carbonyl (C=O) groups is 1. The van der Waals surface area contributed by atoms with E-state index >= 15 is 0 Å². The third-order valence-corrected chi connectivity index (χ3v) is 5.39. The highest BCUT2D eigenvalue weighted by Crippen LogP contribution is 2.26. The molecule has 9 nitrogen and oxygen atoms in total. The van der Waals surface area contributed by atoms with Crippen LogP contribution >= 0.6 is 0 Å². The SMILES string of the molecule is C[C@H](NS(=O)(=O)c1ccccc1[N+](=O)[O-])C(=O)Oc1c[nH]c2ccccc12. The molecule has 0 fully saturated rings. The predicted octanol–water partition coefficient (Wildman–Crippen LogP) is 2.35. The van der Waals surface area contributed by atoms with Crippen LogP contribution in [0, 0.1) is 10.1 Å². The van der Waals surface area contributed by atoms with E-state index in [1.165, 1.54) is 25.3 Å². The lowest BCUT2D eigenvalue weighted by atomic mass is 10.2. The second kappa shape index (κ2) is 7.17. The van der Waals surface area contributed by atoms with Gasteiger partial charge in [-0.2, -0.15) is 4.72 Å². The third-order valence-electron chi connectivity index (χ3n) is 3.80. The minimum atomic E-state index is -4.30. The molecule has 0 bridgehead atoms. The molecule has 1 atom stereocenters. The number of hydrogen-bond donors (Lipinski definition) is 2. The molecule has 0 radical (unpaired) electrons. The summed E-state index contributed by atoms with van der Waals surface area (Å²) in [5, 5.41) is 11.7. The van der Waals surface area contributed by atoms with Gasteiger partial charge in [-0.3, -0.25) is 10.1 Å². The monoisotopic (exact) mass is 389 g/mol. The lowest BCUT2D eigenvalue weighted by Crippen LogP contribution is -2.40. The van der Waals surface area contributed by atoms with Crippen molar-refractivity contribution in [3.63, 3.8) is 0 Å². The highest BCUT2D eigenvalue weighted by Gasteiger charge is 2.29. The van der Waals surface area contributed by atoms with Gasteiger partial charge in [0.05, 0.1) is 4.92 Å². The molecule has 0 amide bonds. The number of nitrogens with zero attached hydrogens (tertiary/aromatic N) is 1. The van der Waals surface area contributed by atoms with Crippen molar-refractivity contribution in [2.75, 3.05) is 0 Å². The van der Waals surface area contributed by atoms with Crippen LogP contribution in [0.2, 0.25) is 0 Å². The molecular formula is C17H15N3O6S. The highest BCUT2D eigenvalue weighted by atomic mass is 32.2. The molecule has 0 aliphatic heterocycles. The molecule has 0 aliphatic rings. The first-order valence-corrected chi connectivity index (χ1v) is 9.31. The van der Waals surface area contributed by atoms with E-state index in [1.54, 1.807) is 18.2 Å². The second-order valence-electron chi connectivity index (χ2n) is 5.69. The van der Waals surface area contributed by atoms with Crippen molar-refractivity contribution >= 4 is 32.6 Å². The summed E-state index contributed by atoms with van der Waals surface area (Å²) in [7, 11) is -4.30. The molecule has 0 unspecified atom stereocenters. The van der Waals surface area contributed by atoms with Crippen LogP contribution in [0.1, 0.15) is 6.92 Å². The van der Waals surface area contributed by atoms with Gasteiger partial charge in [-0.25, -0.2) is 13.2 Å². The number of ether oxygens (including phenoxy) is 1. The van der Waals surface area contributed by atoms with Gasteiger partial charge < -0.3 is 9.72 Å². The van der Waals surface area contributed by atoms with E-state index in [9.17, 15) is 23.3 Å². The zero-order valence-electron chi connectivity index (χ0n) is 14.1. The summed E-state index contributed by atoms with van der Waals surface area (Å²) in [4.78, 5) is 24.9. The zero-order chi connectivity index (χ0) is 19.6. The largest absolute Gasteiger partial charge is 0.423 e. The van der Waals surface area contributed by atoms with Crippen LogP contribution < -0.4 is 9.46 Å². The Hall–Kier alpha value is -3.24. The van der Waals surface area contributed by atoms with E-state index in [0.29, 0.717) is 5.39 Å². The topological polar surface area (TPSA) is 131 Å². The average Bonchev–Trinajstić information content (AvgIpc) is 3.04. The van der Waals surface area contributed by atoms with Crippen LogP contribution in [0.4, 0.5) is 5.69 Å². The number of aromatic nitrogens is 1. The minimum Gasteiger partial charge on any atom is -0.423 e. The van der Waals surface area contributed by atoms with Gasteiger partial charge in [-0.15, -0.1) is 0 Å². The Morgan fingerprint density at radius 3 is 2.59 bits per heavy atom. The number of sulfonamides is 1. The number of esters is 1. The standard InChI is InChI=1S/C17H15N3O6S/c1-11(17(21)26-15-10-18-13-7-3-2-6-12(13)15)19-27(24,25)16-9-5-4-8-14(16)20(22)23/h2-11,18-19H,1H3/t11-/m0/s1. The Morgan fingerprint density at radius 1 is 1.19 bits per heavy atom. The molecule has 27 heavy (non-hydrogen) atoms. The molecule has 3 rings (SSSR count). The van der Waals surface area contributed by atoms with Gasteiger partial charge in [0.15, 0.2) is 10.6 Å². The average molecular weight is 389 g/mol. The van der Waals surface area contributed by atoms with Crippen molar-refractivity contribution < 1.29 is 22.9 Å². The first-order chi connectivity index (χ1) is 12.8. The van der Waals surface area contributed by atoms with Gasteiger partial charge in [0.25, 0.3) is 5.69 Å². The molecule has 3 aromatic rings. The van der Waals surface area contributed by atoms with Gasteiger partial charge in [0.1, 0.15) is 6.04 Å². The summed E-state index contributed by atoms with van der Waals surface area (Å²) in [5.74, 6) is -0.589. The van der Waals surface area contributed by atoms with E-state index in [-0.39, 0.29) is 5.75 Å². The normalized spacial score (nSPS) is 12.6. The lowest BCUT2D eigenvalue weighted by Gasteiger charge is -2.13. The van der Waals surface area contributed by atoms with Crippen LogP contribution in [0.25, 0.3) is 10.9 Å². The van der Waals surface area contributed by atoms with E-state index in [4.69, 9.17) is 4.74 Å². The Bertz CT molecular complexity index is 1120. The molecule has 0 spiro atoms. The summed E-state index contributed by atoms with van der Waals surface area (Å²) in [5.41, 5.74) is 0.177. The Labute approximate surface area is 154 Å². The van der Waals surface area contributed by atoms with Gasteiger partial charge in [-0.05, 0) is 25.1 Å². The van der Waals surface area contributed by atoms with Gasteiger partial charge >= 0.3 is 5.97 Å². The number of carbonyl (C=O) groups excluding carboxylic acids is 1. The number of rotatable bonds is 6. The Kier molecular flexibility index (Phi) is 4.93. The molecule has 0 saturated carbocycles. The van der Waals surface area contributed by atoms with E-state index in [1.807, 2.05) is 6.07 Å². The lowest BCUT2D eigenvalue weighted by molar-refractivity contribution is -0.387. The third kappa shape index (κ3) is 3.81. The van der Waals surface area contributed by atoms with Crippen molar-refractivity contribution in [3.05, 3.63) is 64.8 Å². The number of nitro benzene ring substituents is 1. The predicted molar refractivity (Wildman–Crippen MR) is 96.8 cm³/mol. The maximum Gasteiger partial charge on any atom is 0.329 e. The minimum absolute atomic E-state index is 0.257. The Balaban J connectivity index is 1.79. The summed E-state index contributed by atoms with van der Waals surface area (Å²) < 4.78 is 32.3. The van der Waals surface area contributed by atoms with E-state index in [0.717, 1.165) is 17.6 Å². The van der Waals surface area contributed by atoms with Crippen molar-refractivity contribution in [1.29, 1.82) is 0 Å². The quantitative estimate of drug-likeness (QED) is 0.378. The van der Waals surface area contributed by atoms with Crippen molar-refractivity contribution in [2.24, 2.45) is 0 Å². The van der Waals surface area contributed by atoms with Crippen molar-refractivity contribution in [1.82, 2.24) is 9.71 Å². The number of benzene rings is 2. The Morgan fingerprint density at radius 2 is 1.85 bits per heavy atom.